The summed E-state index contributed by atoms with van der Waals surface area (Å²) >= 11 is 11.6. The van der Waals surface area contributed by atoms with Gasteiger partial charge in [0.15, 0.2) is 0 Å². The van der Waals surface area contributed by atoms with Gasteiger partial charge < -0.3 is 5.32 Å². The van der Waals surface area contributed by atoms with Crippen LogP contribution in [0.15, 0.2) is 18.2 Å². The maximum Gasteiger partial charge on any atom is 0.254 e. The smallest absolute Gasteiger partial charge is 0.254 e. The van der Waals surface area contributed by atoms with Crippen LogP contribution >= 0.6 is 23.2 Å². The van der Waals surface area contributed by atoms with E-state index in [2.05, 4.69) is 5.32 Å². The molecule has 2 nitrogen and oxygen atoms in total. The van der Waals surface area contributed by atoms with Gasteiger partial charge in [-0.1, -0.05) is 29.3 Å². The quantitative estimate of drug-likeness (QED) is 0.812. The maximum absolute atomic E-state index is 11.4. The van der Waals surface area contributed by atoms with E-state index < -0.39 is 0 Å². The Morgan fingerprint density at radius 1 is 1.38 bits per heavy atom. The highest BCUT2D eigenvalue weighted by Crippen LogP contribution is 2.23. The molecule has 0 aliphatic rings. The number of hydrogen-bond donors (Lipinski definition) is 1. The minimum atomic E-state index is -0.238. The molecule has 1 aromatic rings. The highest BCUT2D eigenvalue weighted by molar-refractivity contribution is 6.39. The van der Waals surface area contributed by atoms with Gasteiger partial charge in [-0.25, -0.2) is 0 Å². The number of carbonyl (C=O) groups excluding carboxylic acids is 1. The zero-order valence-corrected chi connectivity index (χ0v) is 8.62. The van der Waals surface area contributed by atoms with E-state index in [0.29, 0.717) is 22.2 Å². The van der Waals surface area contributed by atoms with Crippen LogP contribution < -0.4 is 5.32 Å². The SMILES string of the molecule is CCNC(=O)c1c(Cl)cccc1Cl. The van der Waals surface area contributed by atoms with Crippen molar-refractivity contribution in [2.75, 3.05) is 6.54 Å². The minimum absolute atomic E-state index is 0.238. The van der Waals surface area contributed by atoms with Gasteiger partial charge in [-0.2, -0.15) is 0 Å². The van der Waals surface area contributed by atoms with Crippen molar-refractivity contribution in [3.8, 4) is 0 Å². The summed E-state index contributed by atoms with van der Waals surface area (Å²) in [6.07, 6.45) is 0. The molecular formula is C9H9Cl2NO. The molecule has 0 saturated carbocycles. The van der Waals surface area contributed by atoms with Gasteiger partial charge in [-0.15, -0.1) is 0 Å². The molecule has 13 heavy (non-hydrogen) atoms. The fourth-order valence-corrected chi connectivity index (χ4v) is 1.53. The molecule has 4 heteroatoms. The van der Waals surface area contributed by atoms with Crippen molar-refractivity contribution >= 4 is 29.1 Å². The molecule has 0 aliphatic heterocycles. The van der Waals surface area contributed by atoms with E-state index in [0.717, 1.165) is 0 Å². The molecule has 0 saturated heterocycles. The number of hydrogen-bond acceptors (Lipinski definition) is 1. The van der Waals surface area contributed by atoms with Gasteiger partial charge in [0.05, 0.1) is 15.6 Å². The van der Waals surface area contributed by atoms with Crippen molar-refractivity contribution < 1.29 is 4.79 Å². The maximum atomic E-state index is 11.4. The second-order valence-corrected chi connectivity index (χ2v) is 3.27. The Morgan fingerprint density at radius 2 is 1.92 bits per heavy atom. The van der Waals surface area contributed by atoms with Gasteiger partial charge >= 0.3 is 0 Å². The van der Waals surface area contributed by atoms with Gasteiger partial charge in [0.2, 0.25) is 0 Å². The first-order valence-corrected chi connectivity index (χ1v) is 4.64. The fraction of sp³-hybridized carbons (Fsp3) is 0.222. The molecule has 1 aromatic carbocycles. The Labute approximate surface area is 86.8 Å². The van der Waals surface area contributed by atoms with E-state index in [1.54, 1.807) is 18.2 Å². The minimum Gasteiger partial charge on any atom is -0.352 e. The van der Waals surface area contributed by atoms with Crippen molar-refractivity contribution in [2.24, 2.45) is 0 Å². The van der Waals surface area contributed by atoms with Gasteiger partial charge in [0.1, 0.15) is 0 Å². The summed E-state index contributed by atoms with van der Waals surface area (Å²) in [5.74, 6) is -0.238. The van der Waals surface area contributed by atoms with Crippen LogP contribution in [0.5, 0.6) is 0 Å². The molecule has 0 unspecified atom stereocenters. The number of amides is 1. The third-order valence-electron chi connectivity index (χ3n) is 1.53. The molecule has 70 valence electrons. The molecule has 1 rings (SSSR count). The first kappa shape index (κ1) is 10.4. The lowest BCUT2D eigenvalue weighted by atomic mass is 10.2. The van der Waals surface area contributed by atoms with E-state index in [1.165, 1.54) is 0 Å². The summed E-state index contributed by atoms with van der Waals surface area (Å²) in [4.78, 5) is 11.4. The third-order valence-corrected chi connectivity index (χ3v) is 2.16. The Bertz CT molecular complexity index is 305. The van der Waals surface area contributed by atoms with Crippen LogP contribution in [0.3, 0.4) is 0 Å². The number of nitrogens with one attached hydrogen (secondary N) is 1. The Morgan fingerprint density at radius 3 is 2.38 bits per heavy atom. The van der Waals surface area contributed by atoms with Crippen LogP contribution in [0.4, 0.5) is 0 Å². The third kappa shape index (κ3) is 2.36. The first-order chi connectivity index (χ1) is 6.16. The predicted octanol–water partition coefficient (Wildman–Crippen LogP) is 2.74. The van der Waals surface area contributed by atoms with Gasteiger partial charge in [0, 0.05) is 6.54 Å². The molecular weight excluding hydrogens is 209 g/mol. The number of carbonyl (C=O) groups is 1. The summed E-state index contributed by atoms with van der Waals surface area (Å²) in [6.45, 7) is 2.39. The van der Waals surface area contributed by atoms with Crippen molar-refractivity contribution in [1.82, 2.24) is 5.32 Å². The van der Waals surface area contributed by atoms with Crippen LogP contribution in [0.2, 0.25) is 10.0 Å². The van der Waals surface area contributed by atoms with E-state index in [1.807, 2.05) is 6.92 Å². The van der Waals surface area contributed by atoms with Gasteiger partial charge in [-0.3, -0.25) is 4.79 Å². The zero-order chi connectivity index (χ0) is 9.84. The van der Waals surface area contributed by atoms with Gasteiger partial charge in [0.25, 0.3) is 5.91 Å². The van der Waals surface area contributed by atoms with Crippen molar-refractivity contribution in [2.45, 2.75) is 6.92 Å². The molecule has 1 N–H and O–H groups in total. The Hall–Kier alpha value is -0.730. The normalized spacial score (nSPS) is 9.77. The standard InChI is InChI=1S/C9H9Cl2NO/c1-2-12-9(13)8-6(10)4-3-5-7(8)11/h3-5H,2H2,1H3,(H,12,13). The lowest BCUT2D eigenvalue weighted by Crippen LogP contribution is -2.23. The predicted molar refractivity (Wildman–Crippen MR) is 54.5 cm³/mol. The number of rotatable bonds is 2. The Kier molecular flexibility index (Phi) is 3.58. The van der Waals surface area contributed by atoms with Crippen molar-refractivity contribution in [3.05, 3.63) is 33.8 Å². The second-order valence-electron chi connectivity index (χ2n) is 2.46. The fourth-order valence-electron chi connectivity index (χ4n) is 0.964. The second kappa shape index (κ2) is 4.49. The molecule has 0 heterocycles. The molecule has 0 aliphatic carbocycles. The lowest BCUT2D eigenvalue weighted by Gasteiger charge is -2.05. The Balaban J connectivity index is 3.05. The summed E-state index contributed by atoms with van der Waals surface area (Å²) in [5, 5.41) is 3.38. The topological polar surface area (TPSA) is 29.1 Å². The van der Waals surface area contributed by atoms with Gasteiger partial charge in [-0.05, 0) is 19.1 Å². The van der Waals surface area contributed by atoms with Crippen LogP contribution in [0, 0.1) is 0 Å². The summed E-state index contributed by atoms with van der Waals surface area (Å²) in [7, 11) is 0. The number of halogens is 2. The van der Waals surface area contributed by atoms with Crippen LogP contribution in [0.1, 0.15) is 17.3 Å². The average Bonchev–Trinajstić information content (AvgIpc) is 2.04. The van der Waals surface area contributed by atoms with E-state index in [-0.39, 0.29) is 5.91 Å². The van der Waals surface area contributed by atoms with Crippen molar-refractivity contribution in [1.29, 1.82) is 0 Å². The summed E-state index contributed by atoms with van der Waals surface area (Å²) in [5.41, 5.74) is 0.340. The molecule has 0 aromatic heterocycles. The molecule has 0 fully saturated rings. The largest absolute Gasteiger partial charge is 0.352 e. The number of benzene rings is 1. The monoisotopic (exact) mass is 217 g/mol. The van der Waals surface area contributed by atoms with Crippen LogP contribution in [0.25, 0.3) is 0 Å². The first-order valence-electron chi connectivity index (χ1n) is 3.89. The van der Waals surface area contributed by atoms with E-state index in [9.17, 15) is 4.79 Å². The molecule has 0 radical (unpaired) electrons. The summed E-state index contributed by atoms with van der Waals surface area (Å²) < 4.78 is 0. The van der Waals surface area contributed by atoms with Crippen molar-refractivity contribution in [3.63, 3.8) is 0 Å². The van der Waals surface area contributed by atoms with Crippen LogP contribution in [-0.4, -0.2) is 12.5 Å². The molecule has 1 amide bonds. The molecule has 0 atom stereocenters. The summed E-state index contributed by atoms with van der Waals surface area (Å²) in [6, 6.07) is 4.98. The molecule has 0 bridgehead atoms. The molecule has 0 spiro atoms. The van der Waals surface area contributed by atoms with E-state index >= 15 is 0 Å². The zero-order valence-electron chi connectivity index (χ0n) is 7.10. The highest BCUT2D eigenvalue weighted by atomic mass is 35.5. The highest BCUT2D eigenvalue weighted by Gasteiger charge is 2.12. The average molecular weight is 218 g/mol. The lowest BCUT2D eigenvalue weighted by molar-refractivity contribution is 0.0956. The van der Waals surface area contributed by atoms with Crippen LogP contribution in [-0.2, 0) is 0 Å². The van der Waals surface area contributed by atoms with E-state index in [4.69, 9.17) is 23.2 Å².